The van der Waals surface area contributed by atoms with Gasteiger partial charge in [-0.2, -0.15) is 0 Å². The van der Waals surface area contributed by atoms with Gasteiger partial charge in [0.1, 0.15) is 0 Å². The summed E-state index contributed by atoms with van der Waals surface area (Å²) in [6, 6.07) is 3.89. The SMILES string of the molecule is CN(Cc1cccnc1)C(=O)[C@@H]1CCCN1. The second-order valence-electron chi connectivity index (χ2n) is 4.20. The standard InChI is InChI=1S/C12H17N3O/c1-15(9-10-4-2-6-13-8-10)12(16)11-5-3-7-14-11/h2,4,6,8,11,14H,3,5,7,9H2,1H3/t11-/m0/s1. The summed E-state index contributed by atoms with van der Waals surface area (Å²) in [6.07, 6.45) is 5.59. The van der Waals surface area contributed by atoms with Crippen LogP contribution >= 0.6 is 0 Å². The van der Waals surface area contributed by atoms with Crippen molar-refractivity contribution in [3.8, 4) is 0 Å². The van der Waals surface area contributed by atoms with Gasteiger partial charge in [0.05, 0.1) is 6.04 Å². The van der Waals surface area contributed by atoms with Gasteiger partial charge in [-0.25, -0.2) is 0 Å². The lowest BCUT2D eigenvalue weighted by Gasteiger charge is -2.21. The van der Waals surface area contributed by atoms with Crippen LogP contribution in [0.4, 0.5) is 0 Å². The van der Waals surface area contributed by atoms with Crippen molar-refractivity contribution in [1.82, 2.24) is 15.2 Å². The molecule has 0 bridgehead atoms. The monoisotopic (exact) mass is 219 g/mol. The highest BCUT2D eigenvalue weighted by Gasteiger charge is 2.24. The summed E-state index contributed by atoms with van der Waals surface area (Å²) in [5.41, 5.74) is 1.07. The number of amides is 1. The minimum absolute atomic E-state index is 0.0154. The summed E-state index contributed by atoms with van der Waals surface area (Å²) < 4.78 is 0. The van der Waals surface area contributed by atoms with Gasteiger partial charge < -0.3 is 10.2 Å². The smallest absolute Gasteiger partial charge is 0.239 e. The van der Waals surface area contributed by atoms with Crippen LogP contribution in [-0.4, -0.2) is 35.4 Å². The molecule has 0 radical (unpaired) electrons. The molecule has 0 saturated carbocycles. The van der Waals surface area contributed by atoms with Crippen molar-refractivity contribution in [2.75, 3.05) is 13.6 Å². The Kier molecular flexibility index (Phi) is 3.51. The van der Waals surface area contributed by atoms with E-state index in [4.69, 9.17) is 0 Å². The number of hydrogen-bond donors (Lipinski definition) is 1. The van der Waals surface area contributed by atoms with E-state index >= 15 is 0 Å². The lowest BCUT2D eigenvalue weighted by molar-refractivity contribution is -0.132. The summed E-state index contributed by atoms with van der Waals surface area (Å²) >= 11 is 0. The zero-order valence-electron chi connectivity index (χ0n) is 9.52. The summed E-state index contributed by atoms with van der Waals surface area (Å²) in [5, 5.41) is 3.22. The van der Waals surface area contributed by atoms with Crippen LogP contribution in [0.5, 0.6) is 0 Å². The summed E-state index contributed by atoms with van der Waals surface area (Å²) in [6.45, 7) is 1.59. The lowest BCUT2D eigenvalue weighted by Crippen LogP contribution is -2.41. The van der Waals surface area contributed by atoms with Crippen LogP contribution in [0.1, 0.15) is 18.4 Å². The molecule has 1 atom stereocenters. The van der Waals surface area contributed by atoms with Crippen molar-refractivity contribution in [3.63, 3.8) is 0 Å². The van der Waals surface area contributed by atoms with Gasteiger partial charge in [-0.05, 0) is 31.0 Å². The van der Waals surface area contributed by atoms with Crippen molar-refractivity contribution >= 4 is 5.91 Å². The highest BCUT2D eigenvalue weighted by molar-refractivity contribution is 5.81. The van der Waals surface area contributed by atoms with Crippen molar-refractivity contribution in [3.05, 3.63) is 30.1 Å². The first-order chi connectivity index (χ1) is 7.77. The lowest BCUT2D eigenvalue weighted by atomic mass is 10.2. The molecule has 2 heterocycles. The molecule has 4 nitrogen and oxygen atoms in total. The summed E-state index contributed by atoms with van der Waals surface area (Å²) in [7, 11) is 1.84. The Morgan fingerprint density at radius 1 is 1.69 bits per heavy atom. The first-order valence-electron chi connectivity index (χ1n) is 5.64. The third kappa shape index (κ3) is 2.58. The average Bonchev–Trinajstić information content (AvgIpc) is 2.83. The third-order valence-corrected chi connectivity index (χ3v) is 2.88. The van der Waals surface area contributed by atoms with E-state index in [0.29, 0.717) is 6.54 Å². The van der Waals surface area contributed by atoms with Gasteiger partial charge in [0.25, 0.3) is 0 Å². The van der Waals surface area contributed by atoms with Gasteiger partial charge in [-0.1, -0.05) is 6.07 Å². The molecule has 1 amide bonds. The van der Waals surface area contributed by atoms with Crippen LogP contribution in [-0.2, 0) is 11.3 Å². The number of pyridine rings is 1. The fourth-order valence-electron chi connectivity index (χ4n) is 2.00. The predicted octanol–water partition coefficient (Wildman–Crippen LogP) is 0.792. The first-order valence-corrected chi connectivity index (χ1v) is 5.64. The first kappa shape index (κ1) is 11.1. The van der Waals surface area contributed by atoms with Crippen LogP contribution in [0.25, 0.3) is 0 Å². The van der Waals surface area contributed by atoms with Gasteiger partial charge in [0.2, 0.25) is 5.91 Å². The van der Waals surface area contributed by atoms with Crippen LogP contribution in [0.3, 0.4) is 0 Å². The van der Waals surface area contributed by atoms with E-state index in [1.165, 1.54) is 0 Å². The summed E-state index contributed by atoms with van der Waals surface area (Å²) in [5.74, 6) is 0.182. The van der Waals surface area contributed by atoms with Gasteiger partial charge in [0, 0.05) is 26.0 Å². The minimum atomic E-state index is 0.0154. The highest BCUT2D eigenvalue weighted by atomic mass is 16.2. The minimum Gasteiger partial charge on any atom is -0.340 e. The number of carbonyl (C=O) groups excluding carboxylic acids is 1. The van der Waals surface area contributed by atoms with Crippen molar-refractivity contribution in [1.29, 1.82) is 0 Å². The predicted molar refractivity (Wildman–Crippen MR) is 61.7 cm³/mol. The summed E-state index contributed by atoms with van der Waals surface area (Å²) in [4.78, 5) is 17.8. The van der Waals surface area contributed by atoms with E-state index in [9.17, 15) is 4.79 Å². The molecule has 2 rings (SSSR count). The molecule has 1 aliphatic heterocycles. The van der Waals surface area contributed by atoms with Crippen LogP contribution in [0.15, 0.2) is 24.5 Å². The molecule has 1 aromatic heterocycles. The van der Waals surface area contributed by atoms with Gasteiger partial charge >= 0.3 is 0 Å². The average molecular weight is 219 g/mol. The number of hydrogen-bond acceptors (Lipinski definition) is 3. The second kappa shape index (κ2) is 5.07. The number of nitrogens with one attached hydrogen (secondary N) is 1. The fraction of sp³-hybridized carbons (Fsp3) is 0.500. The Bertz CT molecular complexity index is 347. The molecule has 86 valence electrons. The maximum absolute atomic E-state index is 12.0. The van der Waals surface area contributed by atoms with Crippen molar-refractivity contribution in [2.45, 2.75) is 25.4 Å². The topological polar surface area (TPSA) is 45.2 Å². The van der Waals surface area contributed by atoms with E-state index in [0.717, 1.165) is 24.9 Å². The van der Waals surface area contributed by atoms with Crippen LogP contribution in [0.2, 0.25) is 0 Å². The van der Waals surface area contributed by atoms with Crippen LogP contribution < -0.4 is 5.32 Å². The Morgan fingerprint density at radius 2 is 2.56 bits per heavy atom. The molecular formula is C12H17N3O. The molecule has 0 aromatic carbocycles. The van der Waals surface area contributed by atoms with Gasteiger partial charge in [-0.3, -0.25) is 9.78 Å². The maximum Gasteiger partial charge on any atom is 0.239 e. The molecule has 4 heteroatoms. The fourth-order valence-corrected chi connectivity index (χ4v) is 2.00. The molecule has 1 fully saturated rings. The molecule has 0 aliphatic carbocycles. The zero-order valence-corrected chi connectivity index (χ0v) is 9.52. The third-order valence-electron chi connectivity index (χ3n) is 2.88. The highest BCUT2D eigenvalue weighted by Crippen LogP contribution is 2.09. The molecule has 0 unspecified atom stereocenters. The molecule has 16 heavy (non-hydrogen) atoms. The number of rotatable bonds is 3. The van der Waals surface area contributed by atoms with Crippen LogP contribution in [0, 0.1) is 0 Å². The van der Waals surface area contributed by atoms with E-state index in [1.807, 2.05) is 19.2 Å². The van der Waals surface area contributed by atoms with Crippen molar-refractivity contribution < 1.29 is 4.79 Å². The van der Waals surface area contributed by atoms with E-state index in [2.05, 4.69) is 10.3 Å². The van der Waals surface area contributed by atoms with E-state index < -0.39 is 0 Å². The second-order valence-corrected chi connectivity index (χ2v) is 4.20. The Hall–Kier alpha value is -1.42. The quantitative estimate of drug-likeness (QED) is 0.817. The normalized spacial score (nSPS) is 19.7. The van der Waals surface area contributed by atoms with Crippen molar-refractivity contribution in [2.24, 2.45) is 0 Å². The van der Waals surface area contributed by atoms with E-state index in [-0.39, 0.29) is 11.9 Å². The Balaban J connectivity index is 1.92. The number of carbonyl (C=O) groups is 1. The number of nitrogens with zero attached hydrogens (tertiary/aromatic N) is 2. The van der Waals surface area contributed by atoms with E-state index in [1.54, 1.807) is 17.3 Å². The Labute approximate surface area is 95.7 Å². The zero-order chi connectivity index (χ0) is 11.4. The largest absolute Gasteiger partial charge is 0.340 e. The molecule has 1 aliphatic rings. The molecular weight excluding hydrogens is 202 g/mol. The van der Waals surface area contributed by atoms with Gasteiger partial charge in [0.15, 0.2) is 0 Å². The maximum atomic E-state index is 12.0. The van der Waals surface area contributed by atoms with Gasteiger partial charge in [-0.15, -0.1) is 0 Å². The molecule has 1 N–H and O–H groups in total. The molecule has 0 spiro atoms. The number of aromatic nitrogens is 1. The molecule has 1 aromatic rings. The Morgan fingerprint density at radius 3 is 3.19 bits per heavy atom. The number of likely N-dealkylation sites (N-methyl/N-ethyl adjacent to an activating group) is 1. The molecule has 1 saturated heterocycles.